The summed E-state index contributed by atoms with van der Waals surface area (Å²) >= 11 is 0. The topological polar surface area (TPSA) is 146 Å². The molecule has 1 aromatic carbocycles. The van der Waals surface area contributed by atoms with E-state index in [2.05, 4.69) is 47.3 Å². The van der Waals surface area contributed by atoms with E-state index in [4.69, 9.17) is 10.4 Å². The summed E-state index contributed by atoms with van der Waals surface area (Å²) in [6.07, 6.45) is 6.90. The average Bonchev–Trinajstić information content (AvgIpc) is 2.98. The third-order valence-corrected chi connectivity index (χ3v) is 8.22. The lowest BCUT2D eigenvalue weighted by Gasteiger charge is -2.42. The Labute approximate surface area is 252 Å². The van der Waals surface area contributed by atoms with Gasteiger partial charge in [0.2, 0.25) is 5.95 Å². The van der Waals surface area contributed by atoms with Crippen molar-refractivity contribution in [1.82, 2.24) is 35.1 Å². The molecule has 0 spiro atoms. The van der Waals surface area contributed by atoms with E-state index in [9.17, 15) is 9.90 Å². The molecule has 12 nitrogen and oxygen atoms in total. The molecule has 0 radical (unpaired) electrons. The van der Waals surface area contributed by atoms with Crippen LogP contribution in [0.1, 0.15) is 49.5 Å². The van der Waals surface area contributed by atoms with Crippen LogP contribution in [-0.2, 0) is 0 Å². The molecule has 2 aromatic heterocycles. The summed E-state index contributed by atoms with van der Waals surface area (Å²) in [5, 5.41) is 24.1. The van der Waals surface area contributed by atoms with E-state index in [-0.39, 0.29) is 11.6 Å². The van der Waals surface area contributed by atoms with E-state index in [1.807, 2.05) is 33.8 Å². The Hall–Kier alpha value is -4.16. The molecule has 1 amide bonds. The monoisotopic (exact) mass is 586 g/mol. The average molecular weight is 587 g/mol. The number of aliphatic hydroxyl groups excluding tert-OH is 1. The minimum atomic E-state index is -0.525. The Bertz CT molecular complexity index is 1520. The van der Waals surface area contributed by atoms with Crippen LogP contribution in [0.25, 0.3) is 11.0 Å². The zero-order valence-electron chi connectivity index (χ0n) is 25.7. The van der Waals surface area contributed by atoms with Gasteiger partial charge in [-0.25, -0.2) is 19.9 Å². The van der Waals surface area contributed by atoms with Crippen molar-refractivity contribution < 1.29 is 9.90 Å². The fourth-order valence-electron chi connectivity index (χ4n) is 5.35. The number of benzene rings is 1. The molecule has 5 rings (SSSR count). The molecular formula is C31H42N10O2. The van der Waals surface area contributed by atoms with Crippen LogP contribution in [0.5, 0.6) is 0 Å². The van der Waals surface area contributed by atoms with Crippen molar-refractivity contribution in [2.45, 2.75) is 46.6 Å². The molecule has 0 aliphatic carbocycles. The molecule has 2 aliphatic rings. The maximum atomic E-state index is 12.9. The summed E-state index contributed by atoms with van der Waals surface area (Å²) in [5.74, 6) is 0.543. The van der Waals surface area contributed by atoms with Crippen molar-refractivity contribution in [2.75, 3.05) is 56.5 Å². The van der Waals surface area contributed by atoms with Crippen molar-refractivity contribution in [3.63, 3.8) is 0 Å². The number of carbonyl (C=O) groups excluding carboxylic acids is 1. The first-order valence-corrected chi connectivity index (χ1v) is 14.8. The number of nitrogens with zero attached hydrogens (tertiary/aromatic N) is 7. The number of amidine groups is 1. The van der Waals surface area contributed by atoms with Gasteiger partial charge in [0.15, 0.2) is 5.82 Å². The van der Waals surface area contributed by atoms with Crippen molar-refractivity contribution in [1.29, 1.82) is 5.41 Å². The number of allylic oxidation sites excluding steroid dienone is 1. The summed E-state index contributed by atoms with van der Waals surface area (Å²) in [7, 11) is 2.19. The van der Waals surface area contributed by atoms with Crippen molar-refractivity contribution in [3.8, 4) is 0 Å². The quantitative estimate of drug-likeness (QED) is 0.191. The van der Waals surface area contributed by atoms with Crippen LogP contribution >= 0.6 is 0 Å². The SMILES string of the molecule is Cc1ccc(C(=O)NC(=N)/C=C(\O)C(C)(C)C)cc1Nc1ncnc2cnc(N3CCN(C4CCN(C)CC4)CC3)nc12. The van der Waals surface area contributed by atoms with E-state index >= 15 is 0 Å². The molecular weight excluding hydrogens is 544 g/mol. The number of rotatable bonds is 6. The van der Waals surface area contributed by atoms with Crippen LogP contribution in [0.4, 0.5) is 17.5 Å². The van der Waals surface area contributed by atoms with Gasteiger partial charge in [0.1, 0.15) is 29.0 Å². The molecule has 2 saturated heterocycles. The highest BCUT2D eigenvalue weighted by atomic mass is 16.3. The summed E-state index contributed by atoms with van der Waals surface area (Å²) in [6.45, 7) is 13.4. The van der Waals surface area contributed by atoms with Gasteiger partial charge in [-0.1, -0.05) is 26.8 Å². The summed E-state index contributed by atoms with van der Waals surface area (Å²) in [4.78, 5) is 38.5. The summed E-state index contributed by atoms with van der Waals surface area (Å²) < 4.78 is 0. The third kappa shape index (κ3) is 7.26. The lowest BCUT2D eigenvalue weighted by Crippen LogP contribution is -2.53. The van der Waals surface area contributed by atoms with E-state index in [1.54, 1.807) is 18.3 Å². The first kappa shape index (κ1) is 30.3. The van der Waals surface area contributed by atoms with Crippen molar-refractivity contribution in [3.05, 3.63) is 53.7 Å². The molecule has 4 N–H and O–H groups in total. The third-order valence-electron chi connectivity index (χ3n) is 8.22. The predicted molar refractivity (Wildman–Crippen MR) is 169 cm³/mol. The minimum Gasteiger partial charge on any atom is -0.512 e. The van der Waals surface area contributed by atoms with Crippen LogP contribution in [0.15, 0.2) is 42.6 Å². The molecule has 0 saturated carbocycles. The van der Waals surface area contributed by atoms with E-state index in [1.165, 1.54) is 25.2 Å². The number of fused-ring (bicyclic) bond motifs is 1. The standard InChI is InChI=1S/C31H42N10O2/c1-20-6-7-21(29(43)37-26(32)17-25(42)31(2,3)4)16-23(20)36-28-27-24(34-19-35-28)18-33-30(38-27)41-14-12-40(13-15-41)22-8-10-39(5)11-9-22/h6-7,16-19,22,42H,8-15H2,1-5H3,(H2,32,37,43)(H,34,35,36)/b25-17-. The Balaban J connectivity index is 1.30. The zero-order chi connectivity index (χ0) is 30.7. The van der Waals surface area contributed by atoms with E-state index in [0.29, 0.717) is 40.1 Å². The number of likely N-dealkylation sites (tertiary alicyclic amines) is 1. The normalized spacial score (nSPS) is 17.7. The lowest BCUT2D eigenvalue weighted by atomic mass is 9.93. The number of aryl methyl sites for hydroxylation is 1. The second-order valence-electron chi connectivity index (χ2n) is 12.5. The number of aromatic nitrogens is 4. The van der Waals surface area contributed by atoms with Gasteiger partial charge in [0.25, 0.3) is 5.91 Å². The van der Waals surface area contributed by atoms with Gasteiger partial charge >= 0.3 is 0 Å². The fourth-order valence-corrected chi connectivity index (χ4v) is 5.35. The maximum Gasteiger partial charge on any atom is 0.256 e. The first-order chi connectivity index (χ1) is 20.5. The molecule has 12 heteroatoms. The van der Waals surface area contributed by atoms with Crippen LogP contribution in [0, 0.1) is 17.7 Å². The summed E-state index contributed by atoms with van der Waals surface area (Å²) in [5.41, 5.74) is 2.64. The van der Waals surface area contributed by atoms with Gasteiger partial charge in [0.05, 0.1) is 6.20 Å². The Morgan fingerprint density at radius 1 is 1.07 bits per heavy atom. The molecule has 2 fully saturated rings. The number of piperazine rings is 1. The number of nitrogens with one attached hydrogen (secondary N) is 3. The van der Waals surface area contributed by atoms with Gasteiger partial charge < -0.3 is 25.5 Å². The molecule has 0 unspecified atom stereocenters. The number of hydrogen-bond acceptors (Lipinski definition) is 11. The zero-order valence-corrected chi connectivity index (χ0v) is 25.7. The van der Waals surface area contributed by atoms with Crippen molar-refractivity contribution in [2.24, 2.45) is 5.41 Å². The van der Waals surface area contributed by atoms with Gasteiger partial charge in [-0.2, -0.15) is 0 Å². The Kier molecular flexibility index (Phi) is 8.88. The highest BCUT2D eigenvalue weighted by Crippen LogP contribution is 2.27. The van der Waals surface area contributed by atoms with Crippen LogP contribution in [0.2, 0.25) is 0 Å². The van der Waals surface area contributed by atoms with E-state index in [0.717, 1.165) is 44.8 Å². The number of aliphatic hydroxyl groups is 1. The van der Waals surface area contributed by atoms with Gasteiger partial charge in [-0.15, -0.1) is 0 Å². The molecule has 0 atom stereocenters. The Morgan fingerprint density at radius 2 is 1.79 bits per heavy atom. The van der Waals surface area contributed by atoms with Crippen molar-refractivity contribution >= 4 is 40.2 Å². The molecule has 2 aliphatic heterocycles. The van der Waals surface area contributed by atoms with Gasteiger partial charge in [-0.3, -0.25) is 15.1 Å². The predicted octanol–water partition coefficient (Wildman–Crippen LogP) is 3.88. The summed E-state index contributed by atoms with van der Waals surface area (Å²) in [6, 6.07) is 5.89. The molecule has 43 heavy (non-hydrogen) atoms. The second kappa shape index (κ2) is 12.6. The van der Waals surface area contributed by atoms with E-state index < -0.39 is 11.3 Å². The van der Waals surface area contributed by atoms with Crippen LogP contribution in [-0.4, -0.2) is 98.9 Å². The number of carbonyl (C=O) groups is 1. The fraction of sp³-hybridized carbons (Fsp3) is 0.484. The highest BCUT2D eigenvalue weighted by molar-refractivity contribution is 6.09. The Morgan fingerprint density at radius 3 is 2.49 bits per heavy atom. The highest BCUT2D eigenvalue weighted by Gasteiger charge is 2.27. The molecule has 228 valence electrons. The van der Waals surface area contributed by atoms with Gasteiger partial charge in [0, 0.05) is 55.0 Å². The maximum absolute atomic E-state index is 12.9. The number of anilines is 3. The van der Waals surface area contributed by atoms with Crippen LogP contribution in [0.3, 0.4) is 0 Å². The number of piperidine rings is 1. The smallest absolute Gasteiger partial charge is 0.256 e. The molecule has 0 bridgehead atoms. The lowest BCUT2D eigenvalue weighted by molar-refractivity contribution is 0.0977. The van der Waals surface area contributed by atoms with Gasteiger partial charge in [-0.05, 0) is 57.6 Å². The largest absolute Gasteiger partial charge is 0.512 e. The molecule has 3 aromatic rings. The van der Waals surface area contributed by atoms with Crippen LogP contribution < -0.4 is 15.5 Å². The molecule has 4 heterocycles. The number of amides is 1. The second-order valence-corrected chi connectivity index (χ2v) is 12.5. The number of hydrogen-bond donors (Lipinski definition) is 4. The minimum absolute atomic E-state index is 0.0141. The first-order valence-electron chi connectivity index (χ1n) is 14.8.